The molecule has 0 radical (unpaired) electrons. The summed E-state index contributed by atoms with van der Waals surface area (Å²) in [6.45, 7) is 4.42. The summed E-state index contributed by atoms with van der Waals surface area (Å²) in [4.78, 5) is 2.67. The number of nitrogens with zero attached hydrogens (tertiary/aromatic N) is 1. The Hall–Kier alpha value is 0.270. The number of nitrogens with two attached hydrogens (primary N) is 1. The Morgan fingerprint density at radius 2 is 2.33 bits per heavy atom. The first kappa shape index (κ1) is 13.3. The van der Waals surface area contributed by atoms with E-state index in [1.807, 2.05) is 11.8 Å². The number of hydrogen-bond donors (Lipinski definition) is 1. The van der Waals surface area contributed by atoms with E-state index in [-0.39, 0.29) is 0 Å². The van der Waals surface area contributed by atoms with E-state index in [2.05, 4.69) is 18.1 Å². The summed E-state index contributed by atoms with van der Waals surface area (Å²) in [6.07, 6.45) is 8.83. The van der Waals surface area contributed by atoms with Crippen LogP contribution in [0.25, 0.3) is 0 Å². The molecule has 1 rings (SSSR count). The van der Waals surface area contributed by atoms with Gasteiger partial charge in [-0.3, -0.25) is 4.90 Å². The van der Waals surface area contributed by atoms with Crippen LogP contribution in [0.3, 0.4) is 0 Å². The van der Waals surface area contributed by atoms with Gasteiger partial charge in [0.15, 0.2) is 0 Å². The third-order valence-electron chi connectivity index (χ3n) is 3.52. The maximum Gasteiger partial charge on any atom is 0.0221 e. The Labute approximate surface area is 99.0 Å². The first-order chi connectivity index (χ1) is 7.33. The van der Waals surface area contributed by atoms with Gasteiger partial charge in [-0.25, -0.2) is 0 Å². The molecule has 2 nitrogen and oxygen atoms in total. The molecule has 0 aromatic carbocycles. The molecule has 90 valence electrons. The van der Waals surface area contributed by atoms with Crippen LogP contribution in [0.15, 0.2) is 0 Å². The van der Waals surface area contributed by atoms with Crippen LogP contribution in [0, 0.1) is 0 Å². The van der Waals surface area contributed by atoms with Crippen LogP contribution in [-0.4, -0.2) is 42.1 Å². The average Bonchev–Trinajstić information content (AvgIpc) is 2.72. The van der Waals surface area contributed by atoms with Crippen molar-refractivity contribution in [3.63, 3.8) is 0 Å². The number of hydrogen-bond acceptors (Lipinski definition) is 3. The lowest BCUT2D eigenvalue weighted by Gasteiger charge is -2.32. The highest BCUT2D eigenvalue weighted by atomic mass is 32.2. The lowest BCUT2D eigenvalue weighted by atomic mass is 10.1. The Bertz CT molecular complexity index is 164. The molecule has 2 atom stereocenters. The van der Waals surface area contributed by atoms with Crippen LogP contribution in [0.1, 0.15) is 39.0 Å². The van der Waals surface area contributed by atoms with Gasteiger partial charge >= 0.3 is 0 Å². The standard InChI is InChI=1S/C12H26N2S/c1-3-11-6-4-8-14(11)12(10-13)7-5-9-15-2/h11-12H,3-10,13H2,1-2H3. The minimum Gasteiger partial charge on any atom is -0.329 e. The zero-order valence-corrected chi connectivity index (χ0v) is 11.1. The normalized spacial score (nSPS) is 24.6. The molecule has 0 bridgehead atoms. The first-order valence-electron chi connectivity index (χ1n) is 6.28. The van der Waals surface area contributed by atoms with E-state index in [0.717, 1.165) is 12.6 Å². The van der Waals surface area contributed by atoms with Crippen LogP contribution in [0.4, 0.5) is 0 Å². The van der Waals surface area contributed by atoms with Crippen molar-refractivity contribution in [1.82, 2.24) is 4.90 Å². The summed E-state index contributed by atoms with van der Waals surface area (Å²) in [7, 11) is 0. The molecule has 2 N–H and O–H groups in total. The molecule has 0 aromatic heterocycles. The fraction of sp³-hybridized carbons (Fsp3) is 1.00. The second kappa shape index (κ2) is 7.53. The summed E-state index contributed by atoms with van der Waals surface area (Å²) in [5.41, 5.74) is 5.90. The zero-order valence-electron chi connectivity index (χ0n) is 10.2. The molecular formula is C12H26N2S. The number of likely N-dealkylation sites (tertiary alicyclic amines) is 1. The predicted molar refractivity (Wildman–Crippen MR) is 70.5 cm³/mol. The van der Waals surface area contributed by atoms with Gasteiger partial charge in [-0.2, -0.15) is 11.8 Å². The van der Waals surface area contributed by atoms with E-state index < -0.39 is 0 Å². The average molecular weight is 230 g/mol. The third-order valence-corrected chi connectivity index (χ3v) is 4.22. The molecule has 2 unspecified atom stereocenters. The molecule has 3 heteroatoms. The maximum atomic E-state index is 5.90. The molecule has 1 fully saturated rings. The summed E-state index contributed by atoms with van der Waals surface area (Å²) in [6, 6.07) is 1.46. The van der Waals surface area contributed by atoms with Crippen molar-refractivity contribution in [3.05, 3.63) is 0 Å². The third kappa shape index (κ3) is 3.97. The smallest absolute Gasteiger partial charge is 0.0221 e. The fourth-order valence-corrected chi connectivity index (χ4v) is 3.11. The van der Waals surface area contributed by atoms with Crippen molar-refractivity contribution in [2.24, 2.45) is 5.73 Å². The van der Waals surface area contributed by atoms with Gasteiger partial charge in [0.25, 0.3) is 0 Å². The Morgan fingerprint density at radius 1 is 1.53 bits per heavy atom. The van der Waals surface area contributed by atoms with Gasteiger partial charge in [-0.15, -0.1) is 0 Å². The molecule has 1 saturated heterocycles. The molecule has 1 heterocycles. The van der Waals surface area contributed by atoms with Crippen LogP contribution in [0.2, 0.25) is 0 Å². The van der Waals surface area contributed by atoms with Gasteiger partial charge in [0, 0.05) is 18.6 Å². The van der Waals surface area contributed by atoms with Crippen molar-refractivity contribution in [2.75, 3.05) is 25.1 Å². The molecule has 0 aromatic rings. The second-order valence-corrected chi connectivity index (χ2v) is 5.45. The van der Waals surface area contributed by atoms with E-state index >= 15 is 0 Å². The van der Waals surface area contributed by atoms with Crippen LogP contribution in [-0.2, 0) is 0 Å². The summed E-state index contributed by atoms with van der Waals surface area (Å²) < 4.78 is 0. The molecule has 0 amide bonds. The molecular weight excluding hydrogens is 204 g/mol. The van der Waals surface area contributed by atoms with Gasteiger partial charge in [0.05, 0.1) is 0 Å². The highest BCUT2D eigenvalue weighted by Crippen LogP contribution is 2.24. The quantitative estimate of drug-likeness (QED) is 0.681. The molecule has 0 saturated carbocycles. The topological polar surface area (TPSA) is 29.3 Å². The van der Waals surface area contributed by atoms with Crippen molar-refractivity contribution >= 4 is 11.8 Å². The Kier molecular flexibility index (Phi) is 6.69. The predicted octanol–water partition coefficient (Wildman–Crippen LogP) is 2.33. The van der Waals surface area contributed by atoms with Gasteiger partial charge in [0.1, 0.15) is 0 Å². The zero-order chi connectivity index (χ0) is 11.1. The lowest BCUT2D eigenvalue weighted by Crippen LogP contribution is -2.43. The number of rotatable bonds is 7. The van der Waals surface area contributed by atoms with Crippen molar-refractivity contribution < 1.29 is 0 Å². The van der Waals surface area contributed by atoms with Crippen molar-refractivity contribution in [3.8, 4) is 0 Å². The molecule has 1 aliphatic rings. The van der Waals surface area contributed by atoms with Gasteiger partial charge in [-0.05, 0) is 50.7 Å². The molecule has 1 aliphatic heterocycles. The molecule has 0 spiro atoms. The largest absolute Gasteiger partial charge is 0.329 e. The maximum absolute atomic E-state index is 5.90. The number of thioether (sulfide) groups is 1. The highest BCUT2D eigenvalue weighted by molar-refractivity contribution is 7.98. The van der Waals surface area contributed by atoms with E-state index in [0.29, 0.717) is 6.04 Å². The van der Waals surface area contributed by atoms with Crippen LogP contribution < -0.4 is 5.73 Å². The minimum absolute atomic E-state index is 0.643. The van der Waals surface area contributed by atoms with E-state index in [1.165, 1.54) is 44.4 Å². The fourth-order valence-electron chi connectivity index (χ4n) is 2.66. The van der Waals surface area contributed by atoms with Crippen LogP contribution >= 0.6 is 11.8 Å². The van der Waals surface area contributed by atoms with E-state index in [9.17, 15) is 0 Å². The lowest BCUT2D eigenvalue weighted by molar-refractivity contribution is 0.170. The summed E-state index contributed by atoms with van der Waals surface area (Å²) in [5, 5.41) is 0. The Balaban J connectivity index is 2.35. The van der Waals surface area contributed by atoms with Gasteiger partial charge in [0.2, 0.25) is 0 Å². The summed E-state index contributed by atoms with van der Waals surface area (Å²) in [5.74, 6) is 1.28. The highest BCUT2D eigenvalue weighted by Gasteiger charge is 2.28. The van der Waals surface area contributed by atoms with Crippen molar-refractivity contribution in [1.29, 1.82) is 0 Å². The first-order valence-corrected chi connectivity index (χ1v) is 7.67. The van der Waals surface area contributed by atoms with Crippen molar-refractivity contribution in [2.45, 2.75) is 51.1 Å². The Morgan fingerprint density at radius 3 is 2.93 bits per heavy atom. The minimum atomic E-state index is 0.643. The van der Waals surface area contributed by atoms with E-state index in [1.54, 1.807) is 0 Å². The van der Waals surface area contributed by atoms with E-state index in [4.69, 9.17) is 5.73 Å². The van der Waals surface area contributed by atoms with Gasteiger partial charge < -0.3 is 5.73 Å². The van der Waals surface area contributed by atoms with Crippen LogP contribution in [0.5, 0.6) is 0 Å². The SMILES string of the molecule is CCC1CCCN1C(CN)CCCSC. The second-order valence-electron chi connectivity index (χ2n) is 4.47. The molecule has 0 aliphatic carbocycles. The monoisotopic (exact) mass is 230 g/mol. The molecule has 15 heavy (non-hydrogen) atoms. The van der Waals surface area contributed by atoms with Gasteiger partial charge in [-0.1, -0.05) is 6.92 Å². The summed E-state index contributed by atoms with van der Waals surface area (Å²) >= 11 is 1.94.